The Morgan fingerprint density at radius 2 is 1.80 bits per heavy atom. The lowest BCUT2D eigenvalue weighted by atomic mass is 9.94. The van der Waals surface area contributed by atoms with Gasteiger partial charge in [0.05, 0.1) is 0 Å². The summed E-state index contributed by atoms with van der Waals surface area (Å²) < 4.78 is 0. The summed E-state index contributed by atoms with van der Waals surface area (Å²) in [4.78, 5) is 0. The smallest absolute Gasteiger partial charge is 0.00839 e. The van der Waals surface area contributed by atoms with Gasteiger partial charge in [0, 0.05) is 5.70 Å². The van der Waals surface area contributed by atoms with Crippen LogP contribution in [0.3, 0.4) is 0 Å². The molecule has 2 N–H and O–H groups in total. The molecule has 0 saturated heterocycles. The Morgan fingerprint density at radius 3 is 2.40 bits per heavy atom. The number of allylic oxidation sites excluding steroid dienone is 4. The predicted molar refractivity (Wildman–Crippen MR) is 65.4 cm³/mol. The van der Waals surface area contributed by atoms with Crippen molar-refractivity contribution in [3.05, 3.63) is 52.7 Å². The van der Waals surface area contributed by atoms with Crippen molar-refractivity contribution < 1.29 is 0 Å². The second-order valence-corrected chi connectivity index (χ2v) is 4.23. The molecule has 1 aliphatic rings. The lowest BCUT2D eigenvalue weighted by Crippen LogP contribution is -2.01. The van der Waals surface area contributed by atoms with E-state index < -0.39 is 0 Å². The first-order valence-corrected chi connectivity index (χ1v) is 5.39. The summed E-state index contributed by atoms with van der Waals surface area (Å²) in [6, 6.07) is 6.65. The fourth-order valence-corrected chi connectivity index (χ4v) is 1.84. The van der Waals surface area contributed by atoms with E-state index in [-0.39, 0.29) is 0 Å². The molecule has 0 fully saturated rings. The van der Waals surface area contributed by atoms with E-state index in [0.717, 1.165) is 18.5 Å². The maximum absolute atomic E-state index is 5.75. The zero-order chi connectivity index (χ0) is 10.8. The van der Waals surface area contributed by atoms with Gasteiger partial charge in [-0.25, -0.2) is 0 Å². The number of benzene rings is 1. The van der Waals surface area contributed by atoms with Crippen LogP contribution in [0.4, 0.5) is 0 Å². The number of hydrogen-bond acceptors (Lipinski definition) is 1. The molecule has 1 aliphatic carbocycles. The first-order chi connectivity index (χ1) is 7.16. The van der Waals surface area contributed by atoms with Crippen LogP contribution in [-0.2, 0) is 0 Å². The minimum atomic E-state index is 0.985. The van der Waals surface area contributed by atoms with Gasteiger partial charge in [-0.3, -0.25) is 0 Å². The molecule has 0 unspecified atom stereocenters. The second kappa shape index (κ2) is 3.93. The Kier molecular flexibility index (Phi) is 2.63. The largest absolute Gasteiger partial charge is 0.402 e. The van der Waals surface area contributed by atoms with Gasteiger partial charge in [-0.15, -0.1) is 0 Å². The van der Waals surface area contributed by atoms with Crippen LogP contribution in [-0.4, -0.2) is 0 Å². The molecule has 0 radical (unpaired) electrons. The van der Waals surface area contributed by atoms with Crippen LogP contribution in [0, 0.1) is 13.8 Å². The molecule has 78 valence electrons. The minimum absolute atomic E-state index is 0.985. The summed E-state index contributed by atoms with van der Waals surface area (Å²) in [5.74, 6) is 0. The zero-order valence-corrected chi connectivity index (χ0v) is 9.38. The number of rotatable bonds is 1. The third-order valence-corrected chi connectivity index (χ3v) is 3.06. The normalized spacial score (nSPS) is 15.9. The highest BCUT2D eigenvalue weighted by atomic mass is 14.6. The summed E-state index contributed by atoms with van der Waals surface area (Å²) in [5, 5.41) is 0. The molecule has 0 amide bonds. The monoisotopic (exact) mass is 199 g/mol. The van der Waals surface area contributed by atoms with E-state index in [1.54, 1.807) is 0 Å². The molecule has 1 nitrogen and oxygen atoms in total. The Bertz CT molecular complexity index is 439. The van der Waals surface area contributed by atoms with Gasteiger partial charge in [-0.05, 0) is 55.0 Å². The third kappa shape index (κ3) is 2.12. The van der Waals surface area contributed by atoms with Crippen molar-refractivity contribution in [1.29, 1.82) is 0 Å². The molecule has 0 saturated carbocycles. The van der Waals surface area contributed by atoms with Crippen molar-refractivity contribution in [3.63, 3.8) is 0 Å². The van der Waals surface area contributed by atoms with Gasteiger partial charge >= 0.3 is 0 Å². The van der Waals surface area contributed by atoms with E-state index in [4.69, 9.17) is 5.73 Å². The molecule has 1 aromatic carbocycles. The Labute approximate surface area is 91.3 Å². The van der Waals surface area contributed by atoms with E-state index in [9.17, 15) is 0 Å². The molecule has 0 atom stereocenters. The van der Waals surface area contributed by atoms with Crippen LogP contribution in [0.5, 0.6) is 0 Å². The van der Waals surface area contributed by atoms with Crippen LogP contribution in [0.25, 0.3) is 5.57 Å². The van der Waals surface area contributed by atoms with Crippen molar-refractivity contribution in [3.8, 4) is 0 Å². The molecule has 0 aromatic heterocycles. The van der Waals surface area contributed by atoms with Gasteiger partial charge in [0.25, 0.3) is 0 Å². The van der Waals surface area contributed by atoms with Gasteiger partial charge in [0.2, 0.25) is 0 Å². The summed E-state index contributed by atoms with van der Waals surface area (Å²) in [7, 11) is 0. The highest BCUT2D eigenvalue weighted by Gasteiger charge is 2.06. The summed E-state index contributed by atoms with van der Waals surface area (Å²) in [6.07, 6.45) is 6.21. The van der Waals surface area contributed by atoms with Gasteiger partial charge in [0.15, 0.2) is 0 Å². The van der Waals surface area contributed by atoms with Crippen molar-refractivity contribution in [2.75, 3.05) is 0 Å². The molecule has 1 aromatic rings. The summed E-state index contributed by atoms with van der Waals surface area (Å²) in [5.41, 5.74) is 12.2. The van der Waals surface area contributed by atoms with Crippen LogP contribution in [0.15, 0.2) is 36.0 Å². The number of aryl methyl sites for hydroxylation is 2. The van der Waals surface area contributed by atoms with Gasteiger partial charge in [-0.2, -0.15) is 0 Å². The molecule has 0 bridgehead atoms. The molecular weight excluding hydrogens is 182 g/mol. The van der Waals surface area contributed by atoms with E-state index in [1.165, 1.54) is 22.3 Å². The summed E-state index contributed by atoms with van der Waals surface area (Å²) >= 11 is 0. The lowest BCUT2D eigenvalue weighted by Gasteiger charge is -2.13. The Hall–Kier alpha value is -1.50. The lowest BCUT2D eigenvalue weighted by molar-refractivity contribution is 0.958. The Balaban J connectivity index is 2.35. The van der Waals surface area contributed by atoms with Crippen molar-refractivity contribution >= 4 is 5.57 Å². The van der Waals surface area contributed by atoms with E-state index in [1.807, 2.05) is 6.08 Å². The molecule has 0 aliphatic heterocycles. The fraction of sp³-hybridized carbons (Fsp3) is 0.286. The van der Waals surface area contributed by atoms with Crippen molar-refractivity contribution in [2.24, 2.45) is 5.73 Å². The topological polar surface area (TPSA) is 26.0 Å². The molecule has 15 heavy (non-hydrogen) atoms. The standard InChI is InChI=1S/C14H17N/c1-10-3-4-13(9-11(10)2)12-5-7-14(15)8-6-12/h3-5,7,9H,6,8,15H2,1-2H3. The Morgan fingerprint density at radius 1 is 1.00 bits per heavy atom. The maximum atomic E-state index is 5.75. The number of hydrogen-bond donors (Lipinski definition) is 1. The van der Waals surface area contributed by atoms with Crippen LogP contribution in [0.1, 0.15) is 29.5 Å². The average Bonchev–Trinajstić information content (AvgIpc) is 2.23. The minimum Gasteiger partial charge on any atom is -0.402 e. The van der Waals surface area contributed by atoms with Crippen LogP contribution in [0.2, 0.25) is 0 Å². The highest BCUT2D eigenvalue weighted by molar-refractivity contribution is 5.69. The first-order valence-electron chi connectivity index (χ1n) is 5.39. The zero-order valence-electron chi connectivity index (χ0n) is 9.38. The van der Waals surface area contributed by atoms with Crippen LogP contribution >= 0.6 is 0 Å². The first kappa shape index (κ1) is 10.0. The molecular formula is C14H17N. The van der Waals surface area contributed by atoms with Crippen LogP contribution < -0.4 is 5.73 Å². The SMILES string of the molecule is Cc1ccc(C2=CC=C(N)CC2)cc1C. The van der Waals surface area contributed by atoms with E-state index in [0.29, 0.717) is 0 Å². The molecule has 0 spiro atoms. The van der Waals surface area contributed by atoms with Gasteiger partial charge in [-0.1, -0.05) is 24.3 Å². The molecule has 2 rings (SSSR count). The van der Waals surface area contributed by atoms with E-state index in [2.05, 4.69) is 38.1 Å². The van der Waals surface area contributed by atoms with Crippen molar-refractivity contribution in [2.45, 2.75) is 26.7 Å². The average molecular weight is 199 g/mol. The maximum Gasteiger partial charge on any atom is 0.00839 e. The quantitative estimate of drug-likeness (QED) is 0.737. The fourth-order valence-electron chi connectivity index (χ4n) is 1.84. The second-order valence-electron chi connectivity index (χ2n) is 4.23. The van der Waals surface area contributed by atoms with Gasteiger partial charge in [0.1, 0.15) is 0 Å². The third-order valence-electron chi connectivity index (χ3n) is 3.06. The van der Waals surface area contributed by atoms with Gasteiger partial charge < -0.3 is 5.73 Å². The predicted octanol–water partition coefficient (Wildman–Crippen LogP) is 3.32. The highest BCUT2D eigenvalue weighted by Crippen LogP contribution is 2.26. The number of nitrogens with two attached hydrogens (primary N) is 1. The molecule has 1 heteroatoms. The van der Waals surface area contributed by atoms with Crippen molar-refractivity contribution in [1.82, 2.24) is 0 Å². The summed E-state index contributed by atoms with van der Waals surface area (Å²) in [6.45, 7) is 4.30. The van der Waals surface area contributed by atoms with E-state index >= 15 is 0 Å². The molecule has 0 heterocycles.